The van der Waals surface area contributed by atoms with Gasteiger partial charge in [0.15, 0.2) is 0 Å². The molecule has 0 saturated heterocycles. The number of amides is 1. The van der Waals surface area contributed by atoms with Gasteiger partial charge in [0.2, 0.25) is 5.91 Å². The van der Waals surface area contributed by atoms with E-state index in [1.807, 2.05) is 17.5 Å². The van der Waals surface area contributed by atoms with Crippen LogP contribution in [0.25, 0.3) is 0 Å². The molecule has 1 aromatic heterocycles. The Morgan fingerprint density at radius 1 is 1.40 bits per heavy atom. The zero-order valence-electron chi connectivity index (χ0n) is 14.3. The van der Waals surface area contributed by atoms with Gasteiger partial charge in [-0.05, 0) is 30.7 Å². The minimum Gasteiger partial charge on any atom is -0.486 e. The zero-order chi connectivity index (χ0) is 18.1. The summed E-state index contributed by atoms with van der Waals surface area (Å²) in [5.74, 6) is 0.697. The number of nitrogens with zero attached hydrogens (tertiary/aromatic N) is 1. The number of hydrogen-bond donors (Lipinski definition) is 2. The van der Waals surface area contributed by atoms with E-state index in [1.54, 1.807) is 12.1 Å². The van der Waals surface area contributed by atoms with Crippen LogP contribution in [0.1, 0.15) is 36.9 Å². The average Bonchev–Trinajstić information content (AvgIpc) is 3.05. The van der Waals surface area contributed by atoms with E-state index in [2.05, 4.69) is 17.2 Å². The molecule has 1 amide bonds. The van der Waals surface area contributed by atoms with E-state index in [-0.39, 0.29) is 18.4 Å². The lowest BCUT2D eigenvalue weighted by molar-refractivity contribution is -0.121. The number of rotatable bonds is 10. The number of aromatic nitrogens is 1. The third kappa shape index (κ3) is 7.02. The van der Waals surface area contributed by atoms with Crippen molar-refractivity contribution in [1.29, 1.82) is 0 Å². The summed E-state index contributed by atoms with van der Waals surface area (Å²) in [5, 5.41) is 6.38. The molecule has 0 aliphatic rings. The number of carbonyl (C=O) groups excluding carboxylic acids is 1. The summed E-state index contributed by atoms with van der Waals surface area (Å²) in [6, 6.07) is 7.22. The smallest absolute Gasteiger partial charge is 0.226 e. The van der Waals surface area contributed by atoms with E-state index >= 15 is 0 Å². The van der Waals surface area contributed by atoms with Crippen molar-refractivity contribution in [3.8, 4) is 5.75 Å². The number of ether oxygens (including phenoxy) is 1. The zero-order valence-corrected chi connectivity index (χ0v) is 15.9. The first-order valence-electron chi connectivity index (χ1n) is 8.41. The maximum Gasteiger partial charge on any atom is 0.226 e. The first-order chi connectivity index (χ1) is 12.1. The molecule has 2 aromatic rings. The molecule has 5 nitrogen and oxygen atoms in total. The maximum atomic E-state index is 12.1. The first kappa shape index (κ1) is 19.7. The molecule has 7 heteroatoms. The van der Waals surface area contributed by atoms with E-state index in [0.29, 0.717) is 18.2 Å². The van der Waals surface area contributed by atoms with Crippen molar-refractivity contribution in [1.82, 2.24) is 10.3 Å². The van der Waals surface area contributed by atoms with Gasteiger partial charge < -0.3 is 15.8 Å². The number of nitrogens with two attached hydrogens (primary N) is 1. The quantitative estimate of drug-likeness (QED) is 0.659. The third-order valence-corrected chi connectivity index (χ3v) is 4.80. The van der Waals surface area contributed by atoms with Crippen molar-refractivity contribution < 1.29 is 9.53 Å². The second-order valence-electron chi connectivity index (χ2n) is 5.79. The molecule has 2 rings (SSSR count). The van der Waals surface area contributed by atoms with E-state index in [0.717, 1.165) is 35.7 Å². The van der Waals surface area contributed by atoms with Gasteiger partial charge in [-0.2, -0.15) is 0 Å². The van der Waals surface area contributed by atoms with Crippen molar-refractivity contribution in [2.75, 3.05) is 6.54 Å². The van der Waals surface area contributed by atoms with Crippen molar-refractivity contribution in [2.24, 2.45) is 5.73 Å². The molecule has 0 saturated carbocycles. The van der Waals surface area contributed by atoms with Gasteiger partial charge in [-0.1, -0.05) is 31.4 Å². The Kier molecular flexibility index (Phi) is 8.18. The molecular weight excluding hydrogens is 358 g/mol. The summed E-state index contributed by atoms with van der Waals surface area (Å²) >= 11 is 7.33. The Morgan fingerprint density at radius 3 is 2.84 bits per heavy atom. The predicted octanol–water partition coefficient (Wildman–Crippen LogP) is 3.55. The van der Waals surface area contributed by atoms with Crippen LogP contribution >= 0.6 is 22.9 Å². The van der Waals surface area contributed by atoms with E-state index in [9.17, 15) is 4.79 Å². The molecule has 136 valence electrons. The fourth-order valence-electron chi connectivity index (χ4n) is 2.31. The fraction of sp³-hybridized carbons (Fsp3) is 0.444. The van der Waals surface area contributed by atoms with Gasteiger partial charge >= 0.3 is 0 Å². The van der Waals surface area contributed by atoms with Crippen LogP contribution in [0.15, 0.2) is 29.6 Å². The second-order valence-corrected chi connectivity index (χ2v) is 7.17. The molecule has 0 radical (unpaired) electrons. The Balaban J connectivity index is 1.79. The van der Waals surface area contributed by atoms with Crippen LogP contribution in [-0.4, -0.2) is 23.5 Å². The Bertz CT molecular complexity index is 661. The average molecular weight is 382 g/mol. The highest BCUT2D eigenvalue weighted by molar-refractivity contribution is 7.09. The molecule has 25 heavy (non-hydrogen) atoms. The van der Waals surface area contributed by atoms with Crippen LogP contribution < -0.4 is 15.8 Å². The van der Waals surface area contributed by atoms with Crippen LogP contribution in [0, 0.1) is 0 Å². The number of benzene rings is 1. The number of carbonyl (C=O) groups is 1. The molecule has 1 aromatic carbocycles. The van der Waals surface area contributed by atoms with Gasteiger partial charge in [0.1, 0.15) is 17.4 Å². The molecule has 0 bridgehead atoms. The molecule has 0 aliphatic carbocycles. The Labute approximate surface area is 157 Å². The summed E-state index contributed by atoms with van der Waals surface area (Å²) in [6.07, 6.45) is 3.33. The van der Waals surface area contributed by atoms with Crippen LogP contribution in [-0.2, 0) is 17.8 Å². The van der Waals surface area contributed by atoms with Crippen LogP contribution in [0.4, 0.5) is 0 Å². The summed E-state index contributed by atoms with van der Waals surface area (Å²) in [6.45, 7) is 2.96. The lowest BCUT2D eigenvalue weighted by atomic mass is 10.1. The van der Waals surface area contributed by atoms with Crippen molar-refractivity contribution >= 4 is 28.8 Å². The van der Waals surface area contributed by atoms with E-state index < -0.39 is 0 Å². The molecule has 3 N–H and O–H groups in total. The lowest BCUT2D eigenvalue weighted by Crippen LogP contribution is -2.40. The van der Waals surface area contributed by atoms with Crippen molar-refractivity contribution in [3.63, 3.8) is 0 Å². The van der Waals surface area contributed by atoms with Crippen molar-refractivity contribution in [2.45, 2.75) is 45.3 Å². The van der Waals surface area contributed by atoms with Gasteiger partial charge in [0.05, 0.1) is 12.1 Å². The summed E-state index contributed by atoms with van der Waals surface area (Å²) in [5.41, 5.74) is 6.46. The summed E-state index contributed by atoms with van der Waals surface area (Å²) < 4.78 is 5.66. The largest absolute Gasteiger partial charge is 0.486 e. The number of halogens is 1. The molecule has 0 aliphatic heterocycles. The van der Waals surface area contributed by atoms with Gasteiger partial charge in [-0.3, -0.25) is 4.79 Å². The molecule has 0 spiro atoms. The normalized spacial score (nSPS) is 12.0. The van der Waals surface area contributed by atoms with Crippen LogP contribution in [0.2, 0.25) is 5.02 Å². The number of thiazole rings is 1. The number of unbranched alkanes of at least 4 members (excludes halogenated alkanes) is 1. The van der Waals surface area contributed by atoms with Gasteiger partial charge in [-0.15, -0.1) is 11.3 Å². The predicted molar refractivity (Wildman–Crippen MR) is 102 cm³/mol. The Hall–Kier alpha value is -1.63. The van der Waals surface area contributed by atoms with Crippen LogP contribution in [0.5, 0.6) is 5.75 Å². The molecular formula is C18H24ClN3O2S. The first-order valence-corrected chi connectivity index (χ1v) is 9.67. The van der Waals surface area contributed by atoms with E-state index in [4.69, 9.17) is 22.1 Å². The van der Waals surface area contributed by atoms with Gasteiger partial charge in [-0.25, -0.2) is 4.98 Å². The molecule has 1 unspecified atom stereocenters. The van der Waals surface area contributed by atoms with Crippen molar-refractivity contribution in [3.05, 3.63) is 45.4 Å². The SMILES string of the molecule is CCCCC(CN)NC(=O)Cc1csc(COc2ccc(Cl)cc2)n1. The lowest BCUT2D eigenvalue weighted by Gasteiger charge is -2.15. The molecule has 1 atom stereocenters. The molecule has 1 heterocycles. The summed E-state index contributed by atoms with van der Waals surface area (Å²) in [7, 11) is 0. The van der Waals surface area contributed by atoms with Crippen LogP contribution in [0.3, 0.4) is 0 Å². The number of hydrogen-bond acceptors (Lipinski definition) is 5. The number of nitrogens with one attached hydrogen (secondary N) is 1. The molecule has 0 fully saturated rings. The maximum absolute atomic E-state index is 12.1. The highest BCUT2D eigenvalue weighted by Gasteiger charge is 2.12. The highest BCUT2D eigenvalue weighted by Crippen LogP contribution is 2.18. The second kappa shape index (κ2) is 10.4. The highest BCUT2D eigenvalue weighted by atomic mass is 35.5. The minimum absolute atomic E-state index is 0.0398. The topological polar surface area (TPSA) is 77.2 Å². The van der Waals surface area contributed by atoms with Gasteiger partial charge in [0, 0.05) is 23.0 Å². The van der Waals surface area contributed by atoms with E-state index in [1.165, 1.54) is 11.3 Å². The Morgan fingerprint density at radius 2 is 2.16 bits per heavy atom. The minimum atomic E-state index is -0.0398. The monoisotopic (exact) mass is 381 g/mol. The fourth-order valence-corrected chi connectivity index (χ4v) is 3.15. The third-order valence-electron chi connectivity index (χ3n) is 3.67. The summed E-state index contributed by atoms with van der Waals surface area (Å²) in [4.78, 5) is 16.6. The van der Waals surface area contributed by atoms with Gasteiger partial charge in [0.25, 0.3) is 0 Å². The standard InChI is InChI=1S/C18H24ClN3O2S/c1-2-3-4-14(10-20)21-17(23)9-15-12-25-18(22-15)11-24-16-7-5-13(19)6-8-16/h5-8,12,14H,2-4,9-11,20H2,1H3,(H,21,23).